The van der Waals surface area contributed by atoms with Crippen molar-refractivity contribution in [3.63, 3.8) is 0 Å². The van der Waals surface area contributed by atoms with Gasteiger partial charge in [-0.25, -0.2) is 13.8 Å². The highest BCUT2D eigenvalue weighted by Crippen LogP contribution is 2.16. The Bertz CT molecular complexity index is 516. The highest BCUT2D eigenvalue weighted by atomic mass is 79.9. The minimum Gasteiger partial charge on any atom is -0.487 e. The Kier molecular flexibility index (Phi) is 3.68. The van der Waals surface area contributed by atoms with Crippen molar-refractivity contribution >= 4 is 15.9 Å². The summed E-state index contributed by atoms with van der Waals surface area (Å²) in [6.45, 7) is -0.0348. The van der Waals surface area contributed by atoms with Crippen LogP contribution in [0.5, 0.6) is 5.75 Å². The molecule has 1 aromatic heterocycles. The van der Waals surface area contributed by atoms with Gasteiger partial charge in [-0.05, 0) is 46.3 Å². The topological polar surface area (TPSA) is 22.1 Å². The molecule has 2 rings (SSSR count). The van der Waals surface area contributed by atoms with Crippen LogP contribution in [0.1, 0.15) is 5.56 Å². The van der Waals surface area contributed by atoms with Crippen LogP contribution in [-0.2, 0) is 6.61 Å². The molecule has 88 valence electrons. The van der Waals surface area contributed by atoms with Gasteiger partial charge in [0.25, 0.3) is 0 Å². The van der Waals surface area contributed by atoms with Crippen molar-refractivity contribution in [2.75, 3.05) is 0 Å². The van der Waals surface area contributed by atoms with Crippen LogP contribution >= 0.6 is 15.9 Å². The third kappa shape index (κ3) is 3.23. The molecule has 1 aromatic carbocycles. The molecule has 0 aliphatic heterocycles. The monoisotopic (exact) mass is 299 g/mol. The SMILES string of the molecule is Fc1ccc(F)c(COc2ccc(Br)nc2)c1. The second kappa shape index (κ2) is 5.23. The summed E-state index contributed by atoms with van der Waals surface area (Å²) < 4.78 is 32.1. The van der Waals surface area contributed by atoms with Crippen molar-refractivity contribution < 1.29 is 13.5 Å². The number of halogens is 3. The van der Waals surface area contributed by atoms with Crippen LogP contribution < -0.4 is 4.74 Å². The van der Waals surface area contributed by atoms with E-state index in [1.54, 1.807) is 12.1 Å². The smallest absolute Gasteiger partial charge is 0.138 e. The first-order chi connectivity index (χ1) is 8.15. The molecule has 0 saturated heterocycles. The summed E-state index contributed by atoms with van der Waals surface area (Å²) in [4.78, 5) is 3.96. The number of hydrogen-bond donors (Lipinski definition) is 0. The van der Waals surface area contributed by atoms with Crippen LogP contribution in [-0.4, -0.2) is 4.98 Å². The van der Waals surface area contributed by atoms with Crippen LogP contribution in [0.3, 0.4) is 0 Å². The lowest BCUT2D eigenvalue weighted by atomic mass is 10.2. The van der Waals surface area contributed by atoms with Gasteiger partial charge in [-0.1, -0.05) is 0 Å². The lowest BCUT2D eigenvalue weighted by Crippen LogP contribution is -1.99. The molecule has 0 radical (unpaired) electrons. The molecule has 2 nitrogen and oxygen atoms in total. The Morgan fingerprint density at radius 3 is 2.71 bits per heavy atom. The van der Waals surface area contributed by atoms with E-state index >= 15 is 0 Å². The maximum atomic E-state index is 13.3. The van der Waals surface area contributed by atoms with E-state index < -0.39 is 11.6 Å². The summed E-state index contributed by atoms with van der Waals surface area (Å²) in [5.41, 5.74) is 0.174. The summed E-state index contributed by atoms with van der Waals surface area (Å²) in [7, 11) is 0. The molecule has 0 unspecified atom stereocenters. The molecular formula is C12H8BrF2NO. The molecule has 0 fully saturated rings. The predicted octanol–water partition coefficient (Wildman–Crippen LogP) is 3.70. The van der Waals surface area contributed by atoms with Crippen molar-refractivity contribution in [3.8, 4) is 5.75 Å². The van der Waals surface area contributed by atoms with E-state index in [0.29, 0.717) is 10.4 Å². The van der Waals surface area contributed by atoms with Gasteiger partial charge in [-0.2, -0.15) is 0 Å². The van der Waals surface area contributed by atoms with Crippen molar-refractivity contribution in [1.82, 2.24) is 4.98 Å². The fourth-order valence-corrected chi connectivity index (χ4v) is 1.50. The van der Waals surface area contributed by atoms with Gasteiger partial charge < -0.3 is 4.74 Å². The Labute approximate surface area is 105 Å². The molecule has 17 heavy (non-hydrogen) atoms. The summed E-state index contributed by atoms with van der Waals surface area (Å²) in [5, 5.41) is 0. The van der Waals surface area contributed by atoms with Gasteiger partial charge in [0, 0.05) is 5.56 Å². The van der Waals surface area contributed by atoms with Gasteiger partial charge in [0.15, 0.2) is 0 Å². The van der Waals surface area contributed by atoms with Gasteiger partial charge >= 0.3 is 0 Å². The zero-order chi connectivity index (χ0) is 12.3. The lowest BCUT2D eigenvalue weighted by Gasteiger charge is -2.06. The van der Waals surface area contributed by atoms with Crippen LogP contribution in [0.15, 0.2) is 41.1 Å². The molecule has 0 N–H and O–H groups in total. The van der Waals surface area contributed by atoms with E-state index in [9.17, 15) is 8.78 Å². The van der Waals surface area contributed by atoms with Crippen molar-refractivity contribution in [2.45, 2.75) is 6.61 Å². The van der Waals surface area contributed by atoms with E-state index in [1.165, 1.54) is 6.20 Å². The van der Waals surface area contributed by atoms with Crippen molar-refractivity contribution in [3.05, 3.63) is 58.3 Å². The molecule has 0 aliphatic carbocycles. The number of rotatable bonds is 3. The minimum absolute atomic E-state index is 0.0348. The number of ether oxygens (including phenoxy) is 1. The second-order valence-corrected chi connectivity index (χ2v) is 4.15. The Morgan fingerprint density at radius 2 is 2.00 bits per heavy atom. The quantitative estimate of drug-likeness (QED) is 0.806. The summed E-state index contributed by atoms with van der Waals surface area (Å²) >= 11 is 3.19. The van der Waals surface area contributed by atoms with Gasteiger partial charge in [0.2, 0.25) is 0 Å². The molecule has 0 spiro atoms. The minimum atomic E-state index is -0.489. The van der Waals surface area contributed by atoms with E-state index in [-0.39, 0.29) is 12.2 Å². The molecule has 0 atom stereocenters. The fourth-order valence-electron chi connectivity index (χ4n) is 1.26. The number of pyridine rings is 1. The first-order valence-electron chi connectivity index (χ1n) is 4.83. The van der Waals surface area contributed by atoms with E-state index in [2.05, 4.69) is 20.9 Å². The van der Waals surface area contributed by atoms with Crippen molar-refractivity contribution in [2.24, 2.45) is 0 Å². The second-order valence-electron chi connectivity index (χ2n) is 3.34. The summed E-state index contributed by atoms with van der Waals surface area (Å²) in [6.07, 6.45) is 1.50. The lowest BCUT2D eigenvalue weighted by molar-refractivity contribution is 0.297. The van der Waals surface area contributed by atoms with E-state index in [4.69, 9.17) is 4.74 Å². The van der Waals surface area contributed by atoms with E-state index in [1.807, 2.05) is 0 Å². The van der Waals surface area contributed by atoms with Gasteiger partial charge in [0.05, 0.1) is 6.20 Å². The Hall–Kier alpha value is -1.49. The van der Waals surface area contributed by atoms with Crippen LogP contribution in [0.25, 0.3) is 0 Å². The molecular weight excluding hydrogens is 292 g/mol. The Balaban J connectivity index is 2.07. The predicted molar refractivity (Wildman–Crippen MR) is 62.6 cm³/mol. The number of benzene rings is 1. The molecule has 0 aliphatic rings. The Morgan fingerprint density at radius 1 is 1.18 bits per heavy atom. The largest absolute Gasteiger partial charge is 0.487 e. The maximum Gasteiger partial charge on any atom is 0.138 e. The first kappa shape index (κ1) is 12.0. The molecule has 1 heterocycles. The van der Waals surface area contributed by atoms with Crippen molar-refractivity contribution in [1.29, 1.82) is 0 Å². The average Bonchev–Trinajstić information content (AvgIpc) is 2.32. The van der Waals surface area contributed by atoms with Crippen LogP contribution in [0.2, 0.25) is 0 Å². The summed E-state index contributed by atoms with van der Waals surface area (Å²) in [5.74, 6) is -0.479. The number of nitrogens with zero attached hydrogens (tertiary/aromatic N) is 1. The zero-order valence-electron chi connectivity index (χ0n) is 8.66. The highest BCUT2D eigenvalue weighted by Gasteiger charge is 2.04. The highest BCUT2D eigenvalue weighted by molar-refractivity contribution is 9.10. The number of hydrogen-bond acceptors (Lipinski definition) is 2. The molecule has 0 amide bonds. The average molecular weight is 300 g/mol. The molecule has 2 aromatic rings. The normalized spacial score (nSPS) is 10.3. The van der Waals surface area contributed by atoms with Crippen LogP contribution in [0.4, 0.5) is 8.78 Å². The zero-order valence-corrected chi connectivity index (χ0v) is 10.2. The molecule has 0 saturated carbocycles. The van der Waals surface area contributed by atoms with Crippen LogP contribution in [0, 0.1) is 11.6 Å². The van der Waals surface area contributed by atoms with Gasteiger partial charge in [0.1, 0.15) is 28.6 Å². The standard InChI is InChI=1S/C12H8BrF2NO/c13-12-4-2-10(6-16-12)17-7-8-5-9(14)1-3-11(8)15/h1-6H,7H2. The van der Waals surface area contributed by atoms with Gasteiger partial charge in [-0.15, -0.1) is 0 Å². The maximum absolute atomic E-state index is 13.3. The first-order valence-corrected chi connectivity index (χ1v) is 5.63. The van der Waals surface area contributed by atoms with E-state index in [0.717, 1.165) is 18.2 Å². The van der Waals surface area contributed by atoms with Gasteiger partial charge in [-0.3, -0.25) is 0 Å². The molecule has 5 heteroatoms. The number of aromatic nitrogens is 1. The molecule has 0 bridgehead atoms. The fraction of sp³-hybridized carbons (Fsp3) is 0.0833. The third-order valence-electron chi connectivity index (χ3n) is 2.10. The summed E-state index contributed by atoms with van der Waals surface area (Å²) in [6, 6.07) is 6.65. The third-order valence-corrected chi connectivity index (χ3v) is 2.57.